The van der Waals surface area contributed by atoms with Crippen LogP contribution in [-0.2, 0) is 6.54 Å². The molecule has 1 amide bonds. The second-order valence-electron chi connectivity index (χ2n) is 4.94. The average molecular weight is 348 g/mol. The molecule has 3 N–H and O–H groups in total. The summed E-state index contributed by atoms with van der Waals surface area (Å²) in [5.74, 6) is -0.136. The van der Waals surface area contributed by atoms with Crippen LogP contribution in [0.2, 0.25) is 0 Å². The molecule has 0 aromatic heterocycles. The van der Waals surface area contributed by atoms with Crippen LogP contribution >= 0.6 is 15.9 Å². The van der Waals surface area contributed by atoms with Crippen LogP contribution in [-0.4, -0.2) is 20.0 Å². The Morgan fingerprint density at radius 1 is 1.24 bits per heavy atom. The molecule has 0 aliphatic heterocycles. The molecule has 4 nitrogen and oxygen atoms in total. The number of nitrogen functional groups attached to an aromatic ring is 1. The number of benzene rings is 2. The van der Waals surface area contributed by atoms with E-state index in [1.807, 2.05) is 49.3 Å². The van der Waals surface area contributed by atoms with E-state index in [-0.39, 0.29) is 5.91 Å². The molecule has 0 spiro atoms. The van der Waals surface area contributed by atoms with Crippen LogP contribution in [0.1, 0.15) is 15.9 Å². The zero-order valence-corrected chi connectivity index (χ0v) is 13.6. The molecule has 0 aliphatic rings. The van der Waals surface area contributed by atoms with Crippen molar-refractivity contribution in [2.75, 3.05) is 24.7 Å². The lowest BCUT2D eigenvalue weighted by molar-refractivity contribution is 0.0951. The van der Waals surface area contributed by atoms with E-state index in [9.17, 15) is 4.79 Å². The highest BCUT2D eigenvalue weighted by molar-refractivity contribution is 9.10. The smallest absolute Gasteiger partial charge is 0.251 e. The van der Waals surface area contributed by atoms with E-state index in [1.165, 1.54) is 0 Å². The molecule has 0 heterocycles. The Morgan fingerprint density at radius 3 is 2.57 bits per heavy atom. The van der Waals surface area contributed by atoms with Crippen LogP contribution in [0.4, 0.5) is 11.4 Å². The normalized spacial score (nSPS) is 10.2. The van der Waals surface area contributed by atoms with E-state index < -0.39 is 0 Å². The van der Waals surface area contributed by atoms with E-state index in [2.05, 4.69) is 21.2 Å². The number of rotatable bonds is 4. The van der Waals surface area contributed by atoms with Gasteiger partial charge in [-0.1, -0.05) is 34.1 Å². The summed E-state index contributed by atoms with van der Waals surface area (Å²) in [5.41, 5.74) is 9.05. The van der Waals surface area contributed by atoms with Crippen molar-refractivity contribution >= 4 is 33.2 Å². The Bertz CT molecular complexity index is 656. The van der Waals surface area contributed by atoms with Crippen molar-refractivity contribution in [1.82, 2.24) is 5.32 Å². The quantitative estimate of drug-likeness (QED) is 0.835. The van der Waals surface area contributed by atoms with Gasteiger partial charge in [0, 0.05) is 30.7 Å². The standard InChI is InChI=1S/C16H18BrN3O/c1-20(2)15-8-7-11(9-14(15)18)16(21)19-10-12-5-3-4-6-13(12)17/h3-9H,10,18H2,1-2H3,(H,19,21). The van der Waals surface area contributed by atoms with Gasteiger partial charge in [-0.15, -0.1) is 0 Å². The van der Waals surface area contributed by atoms with Crippen molar-refractivity contribution in [1.29, 1.82) is 0 Å². The van der Waals surface area contributed by atoms with Crippen molar-refractivity contribution in [3.63, 3.8) is 0 Å². The van der Waals surface area contributed by atoms with Gasteiger partial charge in [-0.2, -0.15) is 0 Å². The number of nitrogens with one attached hydrogen (secondary N) is 1. The first-order valence-corrected chi connectivity index (χ1v) is 7.37. The lowest BCUT2D eigenvalue weighted by Gasteiger charge is -2.16. The Labute approximate surface area is 133 Å². The van der Waals surface area contributed by atoms with Gasteiger partial charge in [0.15, 0.2) is 0 Å². The number of nitrogens with two attached hydrogens (primary N) is 1. The second-order valence-corrected chi connectivity index (χ2v) is 5.80. The molecule has 0 atom stereocenters. The van der Waals surface area contributed by atoms with E-state index in [1.54, 1.807) is 12.1 Å². The van der Waals surface area contributed by atoms with Gasteiger partial charge in [0.1, 0.15) is 0 Å². The highest BCUT2D eigenvalue weighted by atomic mass is 79.9. The van der Waals surface area contributed by atoms with Crippen molar-refractivity contribution in [3.05, 3.63) is 58.1 Å². The Morgan fingerprint density at radius 2 is 1.95 bits per heavy atom. The molecule has 110 valence electrons. The third-order valence-electron chi connectivity index (χ3n) is 3.17. The van der Waals surface area contributed by atoms with Gasteiger partial charge in [-0.25, -0.2) is 0 Å². The molecular formula is C16H18BrN3O. The molecule has 0 unspecified atom stereocenters. The van der Waals surface area contributed by atoms with Gasteiger partial charge in [-0.3, -0.25) is 4.79 Å². The van der Waals surface area contributed by atoms with Gasteiger partial charge >= 0.3 is 0 Å². The molecule has 0 aliphatic carbocycles. The zero-order chi connectivity index (χ0) is 15.4. The summed E-state index contributed by atoms with van der Waals surface area (Å²) in [4.78, 5) is 14.1. The van der Waals surface area contributed by atoms with Gasteiger partial charge in [0.25, 0.3) is 5.91 Å². The monoisotopic (exact) mass is 347 g/mol. The minimum absolute atomic E-state index is 0.136. The lowest BCUT2D eigenvalue weighted by atomic mass is 10.1. The fourth-order valence-corrected chi connectivity index (χ4v) is 2.45. The number of halogens is 1. The number of nitrogens with zero attached hydrogens (tertiary/aromatic N) is 1. The van der Waals surface area contributed by atoms with Crippen molar-refractivity contribution in [2.24, 2.45) is 0 Å². The van der Waals surface area contributed by atoms with E-state index in [0.29, 0.717) is 17.8 Å². The summed E-state index contributed by atoms with van der Waals surface area (Å²) in [6.45, 7) is 0.468. The third-order valence-corrected chi connectivity index (χ3v) is 3.94. The summed E-state index contributed by atoms with van der Waals surface area (Å²) in [7, 11) is 3.83. The highest BCUT2D eigenvalue weighted by Crippen LogP contribution is 2.22. The van der Waals surface area contributed by atoms with Crippen LogP contribution < -0.4 is 16.0 Å². The lowest BCUT2D eigenvalue weighted by Crippen LogP contribution is -2.23. The van der Waals surface area contributed by atoms with E-state index in [4.69, 9.17) is 5.73 Å². The van der Waals surface area contributed by atoms with Crippen LogP contribution in [0.3, 0.4) is 0 Å². The first-order valence-electron chi connectivity index (χ1n) is 6.57. The van der Waals surface area contributed by atoms with Gasteiger partial charge < -0.3 is 16.0 Å². The fraction of sp³-hybridized carbons (Fsp3) is 0.188. The molecule has 0 fully saturated rings. The second kappa shape index (κ2) is 6.63. The maximum absolute atomic E-state index is 12.2. The first-order chi connectivity index (χ1) is 9.99. The van der Waals surface area contributed by atoms with Crippen molar-refractivity contribution in [2.45, 2.75) is 6.54 Å². The van der Waals surface area contributed by atoms with Gasteiger partial charge in [-0.05, 0) is 29.8 Å². The molecular weight excluding hydrogens is 330 g/mol. The average Bonchev–Trinajstić information content (AvgIpc) is 2.45. The third kappa shape index (κ3) is 3.76. The zero-order valence-electron chi connectivity index (χ0n) is 12.1. The van der Waals surface area contributed by atoms with Crippen LogP contribution in [0, 0.1) is 0 Å². The maximum Gasteiger partial charge on any atom is 0.251 e. The number of hydrogen-bond donors (Lipinski definition) is 2. The molecule has 2 rings (SSSR count). The predicted molar refractivity (Wildman–Crippen MR) is 90.5 cm³/mol. The number of carbonyl (C=O) groups excluding carboxylic acids is 1. The molecule has 0 radical (unpaired) electrons. The van der Waals surface area contributed by atoms with E-state index >= 15 is 0 Å². The first kappa shape index (κ1) is 15.4. The highest BCUT2D eigenvalue weighted by Gasteiger charge is 2.09. The largest absolute Gasteiger partial charge is 0.397 e. The predicted octanol–water partition coefficient (Wildman–Crippen LogP) is 3.03. The molecule has 0 bridgehead atoms. The Balaban J connectivity index is 2.07. The molecule has 2 aromatic rings. The summed E-state index contributed by atoms with van der Waals surface area (Å²) in [6.07, 6.45) is 0. The van der Waals surface area contributed by atoms with Crippen molar-refractivity contribution < 1.29 is 4.79 Å². The number of anilines is 2. The van der Waals surface area contributed by atoms with Gasteiger partial charge in [0.2, 0.25) is 0 Å². The summed E-state index contributed by atoms with van der Waals surface area (Å²) in [6, 6.07) is 13.1. The van der Waals surface area contributed by atoms with E-state index in [0.717, 1.165) is 15.7 Å². The number of amides is 1. The van der Waals surface area contributed by atoms with Crippen LogP contribution in [0.25, 0.3) is 0 Å². The van der Waals surface area contributed by atoms with Crippen LogP contribution in [0.5, 0.6) is 0 Å². The van der Waals surface area contributed by atoms with Crippen LogP contribution in [0.15, 0.2) is 46.9 Å². The Kier molecular flexibility index (Phi) is 4.85. The molecule has 0 saturated heterocycles. The maximum atomic E-state index is 12.2. The fourth-order valence-electron chi connectivity index (χ4n) is 2.02. The summed E-state index contributed by atoms with van der Waals surface area (Å²) in [5, 5.41) is 2.89. The molecule has 0 saturated carbocycles. The minimum atomic E-state index is -0.136. The minimum Gasteiger partial charge on any atom is -0.397 e. The molecule has 5 heteroatoms. The van der Waals surface area contributed by atoms with Crippen molar-refractivity contribution in [3.8, 4) is 0 Å². The Hall–Kier alpha value is -2.01. The molecule has 21 heavy (non-hydrogen) atoms. The topological polar surface area (TPSA) is 58.4 Å². The number of carbonyl (C=O) groups is 1. The molecule has 2 aromatic carbocycles. The number of hydrogen-bond acceptors (Lipinski definition) is 3. The summed E-state index contributed by atoms with van der Waals surface area (Å²) < 4.78 is 0.979. The summed E-state index contributed by atoms with van der Waals surface area (Å²) >= 11 is 3.46. The van der Waals surface area contributed by atoms with Gasteiger partial charge in [0.05, 0.1) is 11.4 Å². The SMILES string of the molecule is CN(C)c1ccc(C(=O)NCc2ccccc2Br)cc1N.